The van der Waals surface area contributed by atoms with Crippen molar-refractivity contribution in [1.82, 2.24) is 5.32 Å². The second kappa shape index (κ2) is 7.09. The van der Waals surface area contributed by atoms with Crippen LogP contribution in [0, 0.1) is 0 Å². The van der Waals surface area contributed by atoms with Crippen molar-refractivity contribution in [3.05, 3.63) is 34.9 Å². The molecule has 0 bridgehead atoms. The van der Waals surface area contributed by atoms with Gasteiger partial charge in [0.05, 0.1) is 18.6 Å². The van der Waals surface area contributed by atoms with Gasteiger partial charge >= 0.3 is 0 Å². The Morgan fingerprint density at radius 3 is 2.75 bits per heavy atom. The molecule has 1 aliphatic rings. The minimum absolute atomic E-state index is 0.0271. The summed E-state index contributed by atoms with van der Waals surface area (Å²) < 4.78 is 0. The zero-order valence-corrected chi connectivity index (χ0v) is 13.0. The van der Waals surface area contributed by atoms with E-state index in [2.05, 4.69) is 12.2 Å². The maximum atomic E-state index is 12.1. The number of rotatable bonds is 4. The van der Waals surface area contributed by atoms with Crippen molar-refractivity contribution in [3.63, 3.8) is 0 Å². The van der Waals surface area contributed by atoms with Crippen molar-refractivity contribution in [2.45, 2.75) is 45.2 Å². The molecule has 1 aromatic carbocycles. The quantitative estimate of drug-likeness (QED) is 0.875. The number of hydrogen-bond acceptors (Lipinski definition) is 1. The number of piperidine rings is 1. The molecule has 1 aromatic rings. The molecule has 0 spiro atoms. The molecule has 1 fully saturated rings. The second-order valence-corrected chi connectivity index (χ2v) is 6.26. The number of carbonyl (C=O) groups excluding carboxylic acids is 1. The van der Waals surface area contributed by atoms with Gasteiger partial charge < -0.3 is 10.2 Å². The third-order valence-corrected chi connectivity index (χ3v) is 4.47. The Morgan fingerprint density at radius 1 is 1.40 bits per heavy atom. The highest BCUT2D eigenvalue weighted by Crippen LogP contribution is 2.15. The van der Waals surface area contributed by atoms with Crippen LogP contribution >= 0.6 is 11.6 Å². The maximum absolute atomic E-state index is 12.1. The van der Waals surface area contributed by atoms with Crippen LogP contribution in [0.25, 0.3) is 0 Å². The molecule has 2 N–H and O–H groups in total. The highest BCUT2D eigenvalue weighted by molar-refractivity contribution is 6.30. The van der Waals surface area contributed by atoms with Gasteiger partial charge in [0.25, 0.3) is 5.91 Å². The third kappa shape index (κ3) is 4.22. The van der Waals surface area contributed by atoms with Crippen molar-refractivity contribution < 1.29 is 9.69 Å². The zero-order valence-electron chi connectivity index (χ0n) is 12.3. The van der Waals surface area contributed by atoms with Crippen LogP contribution in [-0.4, -0.2) is 25.0 Å². The summed E-state index contributed by atoms with van der Waals surface area (Å²) in [5, 5.41) is 3.80. The molecule has 0 aliphatic carbocycles. The third-order valence-electron chi connectivity index (χ3n) is 4.22. The first-order valence-corrected chi connectivity index (χ1v) is 7.83. The number of hydrogen-bond donors (Lipinski definition) is 2. The molecule has 1 heterocycles. The molecule has 2 rings (SSSR count). The minimum Gasteiger partial charge on any atom is -0.345 e. The molecule has 110 valence electrons. The van der Waals surface area contributed by atoms with E-state index in [0.717, 1.165) is 17.1 Å². The average molecular weight is 296 g/mol. The predicted molar refractivity (Wildman–Crippen MR) is 82.0 cm³/mol. The number of amides is 1. The van der Waals surface area contributed by atoms with E-state index in [0.29, 0.717) is 12.6 Å². The number of benzene rings is 1. The van der Waals surface area contributed by atoms with E-state index in [-0.39, 0.29) is 11.9 Å². The Balaban J connectivity index is 1.85. The predicted octanol–water partition coefficient (Wildman–Crippen LogP) is 1.97. The van der Waals surface area contributed by atoms with E-state index in [1.165, 1.54) is 24.2 Å². The Labute approximate surface area is 126 Å². The lowest BCUT2D eigenvalue weighted by Crippen LogP contribution is -3.17. The highest BCUT2D eigenvalue weighted by Gasteiger charge is 2.24. The number of likely N-dealkylation sites (tertiary alicyclic amines) is 1. The normalized spacial score (nSPS) is 24.1. The molecule has 3 nitrogen and oxygen atoms in total. The van der Waals surface area contributed by atoms with Crippen molar-refractivity contribution in [1.29, 1.82) is 0 Å². The van der Waals surface area contributed by atoms with Crippen LogP contribution in [0.15, 0.2) is 24.3 Å². The summed E-state index contributed by atoms with van der Waals surface area (Å²) in [6.45, 7) is 5.95. The standard InChI is InChI=1S/C16H23ClN2O/c1-12-5-3-4-10-19(12)11-16(20)18-13(2)14-6-8-15(17)9-7-14/h6-9,12-13H,3-5,10-11H2,1-2H3,(H,18,20)/p+1/t12-,13+/m1/s1. The number of carbonyl (C=O) groups is 1. The number of nitrogens with one attached hydrogen (secondary N) is 2. The second-order valence-electron chi connectivity index (χ2n) is 5.82. The summed E-state index contributed by atoms with van der Waals surface area (Å²) in [7, 11) is 0. The molecular formula is C16H24ClN2O+. The molecule has 1 amide bonds. The van der Waals surface area contributed by atoms with Gasteiger partial charge in [-0.25, -0.2) is 0 Å². The van der Waals surface area contributed by atoms with Crippen LogP contribution in [-0.2, 0) is 4.79 Å². The fourth-order valence-corrected chi connectivity index (χ4v) is 2.98. The summed E-state index contributed by atoms with van der Waals surface area (Å²) in [4.78, 5) is 13.6. The topological polar surface area (TPSA) is 33.5 Å². The lowest BCUT2D eigenvalue weighted by atomic mass is 10.0. The Bertz CT molecular complexity index is 446. The lowest BCUT2D eigenvalue weighted by molar-refractivity contribution is -0.921. The Kier molecular flexibility index (Phi) is 5.44. The van der Waals surface area contributed by atoms with Gasteiger partial charge in [0.2, 0.25) is 0 Å². The summed E-state index contributed by atoms with van der Waals surface area (Å²) in [5.74, 6) is 0.135. The van der Waals surface area contributed by atoms with E-state index in [9.17, 15) is 4.79 Å². The van der Waals surface area contributed by atoms with Crippen LogP contribution < -0.4 is 10.2 Å². The summed E-state index contributed by atoms with van der Waals surface area (Å²) in [6, 6.07) is 8.27. The molecular weight excluding hydrogens is 272 g/mol. The van der Waals surface area contributed by atoms with E-state index >= 15 is 0 Å². The molecule has 0 aromatic heterocycles. The Morgan fingerprint density at radius 2 is 2.10 bits per heavy atom. The first-order valence-electron chi connectivity index (χ1n) is 7.45. The monoisotopic (exact) mass is 295 g/mol. The van der Waals surface area contributed by atoms with Crippen molar-refractivity contribution in [2.24, 2.45) is 0 Å². The van der Waals surface area contributed by atoms with E-state index < -0.39 is 0 Å². The molecule has 3 atom stereocenters. The lowest BCUT2D eigenvalue weighted by Gasteiger charge is -2.30. The van der Waals surface area contributed by atoms with Crippen LogP contribution in [0.4, 0.5) is 0 Å². The molecule has 0 saturated carbocycles. The first kappa shape index (κ1) is 15.3. The maximum Gasteiger partial charge on any atom is 0.275 e. The van der Waals surface area contributed by atoms with Gasteiger partial charge in [-0.15, -0.1) is 0 Å². The van der Waals surface area contributed by atoms with Crippen molar-refractivity contribution in [3.8, 4) is 0 Å². The minimum atomic E-state index is 0.0271. The van der Waals surface area contributed by atoms with Crippen molar-refractivity contribution in [2.75, 3.05) is 13.1 Å². The molecule has 1 unspecified atom stereocenters. The van der Waals surface area contributed by atoms with Crippen LogP contribution in [0.5, 0.6) is 0 Å². The summed E-state index contributed by atoms with van der Waals surface area (Å²) >= 11 is 5.88. The van der Waals surface area contributed by atoms with Gasteiger partial charge in [0.15, 0.2) is 6.54 Å². The van der Waals surface area contributed by atoms with Gasteiger partial charge in [0, 0.05) is 5.02 Å². The van der Waals surface area contributed by atoms with Gasteiger partial charge in [-0.05, 0) is 50.8 Å². The summed E-state index contributed by atoms with van der Waals surface area (Å²) in [5.41, 5.74) is 1.09. The van der Waals surface area contributed by atoms with Gasteiger partial charge in [-0.1, -0.05) is 23.7 Å². The fraction of sp³-hybridized carbons (Fsp3) is 0.562. The van der Waals surface area contributed by atoms with Crippen LogP contribution in [0.3, 0.4) is 0 Å². The van der Waals surface area contributed by atoms with Gasteiger partial charge in [-0.3, -0.25) is 4.79 Å². The van der Waals surface area contributed by atoms with E-state index in [1.54, 1.807) is 0 Å². The first-order chi connectivity index (χ1) is 9.56. The molecule has 1 aliphatic heterocycles. The van der Waals surface area contributed by atoms with E-state index in [1.807, 2.05) is 31.2 Å². The summed E-state index contributed by atoms with van der Waals surface area (Å²) in [6.07, 6.45) is 3.77. The smallest absolute Gasteiger partial charge is 0.275 e. The largest absolute Gasteiger partial charge is 0.345 e. The van der Waals surface area contributed by atoms with Gasteiger partial charge in [0.1, 0.15) is 0 Å². The van der Waals surface area contributed by atoms with Crippen LogP contribution in [0.2, 0.25) is 5.02 Å². The zero-order chi connectivity index (χ0) is 14.5. The molecule has 20 heavy (non-hydrogen) atoms. The average Bonchev–Trinajstić information content (AvgIpc) is 2.42. The molecule has 0 radical (unpaired) electrons. The SMILES string of the molecule is C[C@H](NC(=O)C[NH+]1CCCC[C@H]1C)c1ccc(Cl)cc1. The molecule has 1 saturated heterocycles. The number of quaternary nitrogens is 1. The molecule has 4 heteroatoms. The highest BCUT2D eigenvalue weighted by atomic mass is 35.5. The van der Waals surface area contributed by atoms with Crippen LogP contribution in [0.1, 0.15) is 44.7 Å². The Hall–Kier alpha value is -1.06. The fourth-order valence-electron chi connectivity index (χ4n) is 2.85. The van der Waals surface area contributed by atoms with Gasteiger partial charge in [-0.2, -0.15) is 0 Å². The van der Waals surface area contributed by atoms with Crippen molar-refractivity contribution >= 4 is 17.5 Å². The number of halogens is 1. The van der Waals surface area contributed by atoms with E-state index in [4.69, 9.17) is 11.6 Å².